The Balaban J connectivity index is 4.04. The van der Waals surface area contributed by atoms with Crippen LogP contribution >= 0.6 is 0 Å². The average Bonchev–Trinajstić information content (AvgIpc) is 2.00. The van der Waals surface area contributed by atoms with E-state index in [9.17, 15) is 0 Å². The van der Waals surface area contributed by atoms with Gasteiger partial charge in [0.05, 0.1) is 0 Å². The summed E-state index contributed by atoms with van der Waals surface area (Å²) in [5, 5.41) is 0. The summed E-state index contributed by atoms with van der Waals surface area (Å²) in [6.45, 7) is 7.10. The van der Waals surface area contributed by atoms with E-state index >= 15 is 0 Å². The Morgan fingerprint density at radius 2 is 2.09 bits per heavy atom. The summed E-state index contributed by atoms with van der Waals surface area (Å²) in [5.41, 5.74) is 6.85. The fraction of sp³-hybridized carbons (Fsp3) is 0.600. The van der Waals surface area contributed by atoms with E-state index in [1.807, 2.05) is 6.92 Å². The molecule has 0 aromatic carbocycles. The molecule has 0 saturated carbocycles. The summed E-state index contributed by atoms with van der Waals surface area (Å²) in [6, 6.07) is 0. The first kappa shape index (κ1) is 10.4. The van der Waals surface area contributed by atoms with Crippen LogP contribution in [-0.4, -0.2) is 6.54 Å². The van der Waals surface area contributed by atoms with Gasteiger partial charge in [-0.2, -0.15) is 0 Å². The molecule has 64 valence electrons. The van der Waals surface area contributed by atoms with Gasteiger partial charge in [0.15, 0.2) is 0 Å². The van der Waals surface area contributed by atoms with Crippen LogP contribution in [-0.2, 0) is 0 Å². The molecule has 11 heavy (non-hydrogen) atoms. The molecular weight excluding hydrogens is 134 g/mol. The van der Waals surface area contributed by atoms with Crippen LogP contribution in [0.15, 0.2) is 23.8 Å². The lowest BCUT2D eigenvalue weighted by molar-refractivity contribution is 0.634. The van der Waals surface area contributed by atoms with Gasteiger partial charge in [-0.25, -0.2) is 0 Å². The summed E-state index contributed by atoms with van der Waals surface area (Å²) in [4.78, 5) is 0. The molecule has 0 aromatic rings. The molecule has 1 atom stereocenters. The van der Waals surface area contributed by atoms with Crippen molar-refractivity contribution >= 4 is 0 Å². The lowest BCUT2D eigenvalue weighted by atomic mass is 9.97. The average molecular weight is 153 g/mol. The molecule has 0 bridgehead atoms. The number of nitrogens with two attached hydrogens (primary N) is 1. The molecule has 0 spiro atoms. The topological polar surface area (TPSA) is 26.0 Å². The van der Waals surface area contributed by atoms with Crippen molar-refractivity contribution < 1.29 is 0 Å². The van der Waals surface area contributed by atoms with E-state index in [0.29, 0.717) is 5.92 Å². The predicted molar refractivity (Wildman–Crippen MR) is 51.4 cm³/mol. The monoisotopic (exact) mass is 153 g/mol. The minimum absolute atomic E-state index is 0.598. The fourth-order valence-corrected chi connectivity index (χ4v) is 1.15. The molecule has 0 amide bonds. The molecule has 2 N–H and O–H groups in total. The molecule has 0 aromatic heterocycles. The summed E-state index contributed by atoms with van der Waals surface area (Å²) in [6.07, 6.45) is 7.45. The van der Waals surface area contributed by atoms with Gasteiger partial charge in [0.1, 0.15) is 0 Å². The van der Waals surface area contributed by atoms with Crippen molar-refractivity contribution in [3.63, 3.8) is 0 Å². The second-order valence-electron chi connectivity index (χ2n) is 2.77. The molecule has 1 heteroatoms. The first-order valence-electron chi connectivity index (χ1n) is 4.25. The van der Waals surface area contributed by atoms with Gasteiger partial charge in [-0.15, -0.1) is 0 Å². The number of allylic oxidation sites excluding steroid dienone is 4. The van der Waals surface area contributed by atoms with Gasteiger partial charge in [0, 0.05) is 0 Å². The largest absolute Gasteiger partial charge is 0.330 e. The summed E-state index contributed by atoms with van der Waals surface area (Å²) in [5.74, 6) is 0.598. The van der Waals surface area contributed by atoms with Crippen LogP contribution in [0.4, 0.5) is 0 Å². The van der Waals surface area contributed by atoms with E-state index in [-0.39, 0.29) is 0 Å². The van der Waals surface area contributed by atoms with Gasteiger partial charge in [-0.05, 0) is 38.3 Å². The quantitative estimate of drug-likeness (QED) is 0.617. The Labute approximate surface area is 70.0 Å². The zero-order valence-corrected chi connectivity index (χ0v) is 7.80. The highest BCUT2D eigenvalue weighted by atomic mass is 14.5. The molecule has 0 aliphatic rings. The summed E-state index contributed by atoms with van der Waals surface area (Å²) >= 11 is 0. The van der Waals surface area contributed by atoms with E-state index in [1.54, 1.807) is 0 Å². The highest BCUT2D eigenvalue weighted by Gasteiger charge is 2.02. The second kappa shape index (κ2) is 6.17. The minimum Gasteiger partial charge on any atom is -0.330 e. The molecule has 0 heterocycles. The molecule has 0 fully saturated rings. The Hall–Kier alpha value is -0.560. The number of hydrogen-bond donors (Lipinski definition) is 1. The molecule has 0 aliphatic heterocycles. The van der Waals surface area contributed by atoms with Crippen LogP contribution in [0.2, 0.25) is 0 Å². The maximum absolute atomic E-state index is 5.47. The highest BCUT2D eigenvalue weighted by Crippen LogP contribution is 2.14. The van der Waals surface area contributed by atoms with Gasteiger partial charge in [0.25, 0.3) is 0 Å². The standard InChI is InChI=1S/C10H19N/c1-4-6-10(5-2)9(3)7-8-11/h4-6,9H,7-8,11H2,1-3H3/b6-4-,10-5+. The fourth-order valence-electron chi connectivity index (χ4n) is 1.15. The first-order chi connectivity index (χ1) is 5.26. The molecule has 0 rings (SSSR count). The Morgan fingerprint density at radius 3 is 2.45 bits per heavy atom. The van der Waals surface area contributed by atoms with Crippen LogP contribution in [0.5, 0.6) is 0 Å². The van der Waals surface area contributed by atoms with Crippen molar-refractivity contribution in [2.45, 2.75) is 27.2 Å². The third kappa shape index (κ3) is 3.99. The van der Waals surface area contributed by atoms with Crippen LogP contribution in [0.3, 0.4) is 0 Å². The van der Waals surface area contributed by atoms with Gasteiger partial charge < -0.3 is 5.73 Å². The smallest absolute Gasteiger partial charge is 0.00715 e. The molecule has 1 nitrogen and oxygen atoms in total. The maximum atomic E-state index is 5.47. The van der Waals surface area contributed by atoms with Crippen LogP contribution in [0.25, 0.3) is 0 Å². The minimum atomic E-state index is 0.598. The molecule has 0 radical (unpaired) electrons. The van der Waals surface area contributed by atoms with Crippen molar-refractivity contribution in [2.24, 2.45) is 11.7 Å². The lowest BCUT2D eigenvalue weighted by Gasteiger charge is -2.10. The van der Waals surface area contributed by atoms with Gasteiger partial charge >= 0.3 is 0 Å². The van der Waals surface area contributed by atoms with Gasteiger partial charge in [0.2, 0.25) is 0 Å². The summed E-state index contributed by atoms with van der Waals surface area (Å²) < 4.78 is 0. The molecule has 0 aliphatic carbocycles. The van der Waals surface area contributed by atoms with Crippen molar-refractivity contribution in [3.05, 3.63) is 23.8 Å². The summed E-state index contributed by atoms with van der Waals surface area (Å²) in [7, 11) is 0. The van der Waals surface area contributed by atoms with Crippen molar-refractivity contribution in [2.75, 3.05) is 6.54 Å². The van der Waals surface area contributed by atoms with Gasteiger partial charge in [-0.1, -0.05) is 25.2 Å². The number of hydrogen-bond acceptors (Lipinski definition) is 1. The third-order valence-corrected chi connectivity index (χ3v) is 1.86. The Kier molecular flexibility index (Phi) is 5.86. The third-order valence-electron chi connectivity index (χ3n) is 1.86. The molecule has 1 unspecified atom stereocenters. The Bertz CT molecular complexity index is 145. The van der Waals surface area contributed by atoms with Gasteiger partial charge in [-0.3, -0.25) is 0 Å². The maximum Gasteiger partial charge on any atom is -0.00715 e. The van der Waals surface area contributed by atoms with Crippen molar-refractivity contribution in [3.8, 4) is 0 Å². The lowest BCUT2D eigenvalue weighted by Crippen LogP contribution is -2.06. The molecule has 0 saturated heterocycles. The molecular formula is C10H19N. The number of rotatable bonds is 4. The predicted octanol–water partition coefficient (Wildman–Crippen LogP) is 2.49. The van der Waals surface area contributed by atoms with Crippen LogP contribution < -0.4 is 5.73 Å². The van der Waals surface area contributed by atoms with E-state index < -0.39 is 0 Å². The van der Waals surface area contributed by atoms with E-state index in [1.165, 1.54) is 5.57 Å². The van der Waals surface area contributed by atoms with Crippen molar-refractivity contribution in [1.82, 2.24) is 0 Å². The first-order valence-corrected chi connectivity index (χ1v) is 4.25. The normalized spacial score (nSPS) is 15.8. The van der Waals surface area contributed by atoms with E-state index in [0.717, 1.165) is 13.0 Å². The van der Waals surface area contributed by atoms with Crippen LogP contribution in [0, 0.1) is 5.92 Å². The van der Waals surface area contributed by atoms with Crippen LogP contribution in [0.1, 0.15) is 27.2 Å². The second-order valence-corrected chi connectivity index (χ2v) is 2.77. The zero-order valence-electron chi connectivity index (χ0n) is 7.80. The zero-order chi connectivity index (χ0) is 8.69. The Morgan fingerprint density at radius 1 is 1.45 bits per heavy atom. The SMILES string of the molecule is C/C=C\C(=C/C)C(C)CCN. The van der Waals surface area contributed by atoms with E-state index in [2.05, 4.69) is 32.1 Å². The highest BCUT2D eigenvalue weighted by molar-refractivity contribution is 5.19. The van der Waals surface area contributed by atoms with E-state index in [4.69, 9.17) is 5.73 Å². The van der Waals surface area contributed by atoms with Crippen molar-refractivity contribution in [1.29, 1.82) is 0 Å².